The van der Waals surface area contributed by atoms with E-state index < -0.39 is 12.3 Å². The SMILES string of the molecule is CC1CC(n2c(Nc3ccc(OC(F)(F)F)cc3)nc3cc(C(=O)O)ccc32)CC(C)(C)C1. The molecule has 0 amide bonds. The molecule has 0 aliphatic heterocycles. The number of carboxylic acid groups (broad SMARTS) is 1. The van der Waals surface area contributed by atoms with Crippen LogP contribution in [0, 0.1) is 11.3 Å². The summed E-state index contributed by atoms with van der Waals surface area (Å²) in [7, 11) is 0. The third-order valence-corrected chi connectivity index (χ3v) is 6.01. The number of anilines is 2. The number of benzene rings is 2. The average Bonchev–Trinajstić information content (AvgIpc) is 3.03. The second-order valence-corrected chi connectivity index (χ2v) is 9.58. The maximum atomic E-state index is 12.5. The van der Waals surface area contributed by atoms with Crippen molar-refractivity contribution in [1.82, 2.24) is 9.55 Å². The van der Waals surface area contributed by atoms with Crippen LogP contribution in [0.5, 0.6) is 5.75 Å². The fourth-order valence-electron chi connectivity index (χ4n) is 5.05. The Hall–Kier alpha value is -3.23. The lowest BCUT2D eigenvalue weighted by Gasteiger charge is -2.40. The number of carbonyl (C=O) groups is 1. The van der Waals surface area contributed by atoms with Gasteiger partial charge in [-0.15, -0.1) is 13.2 Å². The maximum absolute atomic E-state index is 12.5. The van der Waals surface area contributed by atoms with E-state index in [2.05, 4.69) is 40.4 Å². The van der Waals surface area contributed by atoms with Crippen molar-refractivity contribution in [1.29, 1.82) is 0 Å². The van der Waals surface area contributed by atoms with Crippen LogP contribution in [0.2, 0.25) is 0 Å². The Morgan fingerprint density at radius 2 is 1.88 bits per heavy atom. The van der Waals surface area contributed by atoms with Gasteiger partial charge in [-0.1, -0.05) is 20.8 Å². The van der Waals surface area contributed by atoms with E-state index >= 15 is 0 Å². The van der Waals surface area contributed by atoms with Gasteiger partial charge in [0.25, 0.3) is 0 Å². The molecule has 1 aliphatic carbocycles. The molecule has 0 bridgehead atoms. The third kappa shape index (κ3) is 5.23. The summed E-state index contributed by atoms with van der Waals surface area (Å²) in [4.78, 5) is 16.1. The van der Waals surface area contributed by atoms with Gasteiger partial charge in [0.05, 0.1) is 16.6 Å². The maximum Gasteiger partial charge on any atom is 0.573 e. The van der Waals surface area contributed by atoms with Gasteiger partial charge in [0.2, 0.25) is 5.95 Å². The van der Waals surface area contributed by atoms with Gasteiger partial charge in [-0.05, 0) is 73.1 Å². The molecule has 9 heteroatoms. The van der Waals surface area contributed by atoms with Crippen molar-refractivity contribution in [3.63, 3.8) is 0 Å². The molecule has 176 valence electrons. The number of nitrogens with zero attached hydrogens (tertiary/aromatic N) is 2. The highest BCUT2D eigenvalue weighted by molar-refractivity contribution is 5.93. The smallest absolute Gasteiger partial charge is 0.478 e. The second-order valence-electron chi connectivity index (χ2n) is 9.58. The number of alkyl halides is 3. The van der Waals surface area contributed by atoms with E-state index in [-0.39, 0.29) is 22.8 Å². The minimum atomic E-state index is -4.75. The largest absolute Gasteiger partial charge is 0.573 e. The van der Waals surface area contributed by atoms with Gasteiger partial charge in [-0.3, -0.25) is 0 Å². The first-order chi connectivity index (χ1) is 15.4. The number of rotatable bonds is 5. The lowest BCUT2D eigenvalue weighted by atomic mass is 9.70. The van der Waals surface area contributed by atoms with Crippen LogP contribution in [-0.2, 0) is 0 Å². The number of ether oxygens (including phenoxy) is 1. The van der Waals surface area contributed by atoms with Crippen molar-refractivity contribution in [3.8, 4) is 5.75 Å². The molecule has 0 radical (unpaired) electrons. The highest BCUT2D eigenvalue weighted by Gasteiger charge is 2.35. The van der Waals surface area contributed by atoms with Crippen LogP contribution < -0.4 is 10.1 Å². The van der Waals surface area contributed by atoms with Gasteiger partial charge >= 0.3 is 12.3 Å². The topological polar surface area (TPSA) is 76.4 Å². The highest BCUT2D eigenvalue weighted by Crippen LogP contribution is 2.46. The summed E-state index contributed by atoms with van der Waals surface area (Å²) in [5, 5.41) is 12.6. The summed E-state index contributed by atoms with van der Waals surface area (Å²) in [5.74, 6) is -0.322. The normalized spacial score (nSPS) is 20.5. The first-order valence-electron chi connectivity index (χ1n) is 10.8. The van der Waals surface area contributed by atoms with Gasteiger partial charge in [-0.2, -0.15) is 0 Å². The number of carboxylic acids is 1. The van der Waals surface area contributed by atoms with Crippen LogP contribution in [0.1, 0.15) is 56.4 Å². The number of nitrogens with one attached hydrogen (secondary N) is 1. The fourth-order valence-corrected chi connectivity index (χ4v) is 5.05. The van der Waals surface area contributed by atoms with E-state index in [1.807, 2.05) is 0 Å². The molecule has 1 fully saturated rings. The summed E-state index contributed by atoms with van der Waals surface area (Å²) < 4.78 is 43.4. The number of hydrogen-bond acceptors (Lipinski definition) is 4. The van der Waals surface area contributed by atoms with Crippen molar-refractivity contribution < 1.29 is 27.8 Å². The number of fused-ring (bicyclic) bond motifs is 1. The molecular formula is C24H26F3N3O3. The molecular weight excluding hydrogens is 435 g/mol. The lowest BCUT2D eigenvalue weighted by molar-refractivity contribution is -0.274. The van der Waals surface area contributed by atoms with E-state index in [4.69, 9.17) is 0 Å². The molecule has 2 atom stereocenters. The van der Waals surface area contributed by atoms with Crippen LogP contribution in [-0.4, -0.2) is 27.0 Å². The zero-order valence-corrected chi connectivity index (χ0v) is 18.6. The molecule has 3 aromatic rings. The van der Waals surface area contributed by atoms with Crippen LogP contribution >= 0.6 is 0 Å². The number of hydrogen-bond donors (Lipinski definition) is 2. The molecule has 2 N–H and O–H groups in total. The molecule has 1 aromatic heterocycles. The second kappa shape index (κ2) is 8.28. The van der Waals surface area contributed by atoms with E-state index in [0.717, 1.165) is 24.8 Å². The molecule has 1 saturated carbocycles. The van der Waals surface area contributed by atoms with Gasteiger partial charge in [0.15, 0.2) is 0 Å². The Bertz CT molecular complexity index is 1170. The first-order valence-corrected chi connectivity index (χ1v) is 10.8. The Morgan fingerprint density at radius 1 is 1.18 bits per heavy atom. The minimum Gasteiger partial charge on any atom is -0.478 e. The lowest BCUT2D eigenvalue weighted by Crippen LogP contribution is -2.29. The monoisotopic (exact) mass is 461 g/mol. The minimum absolute atomic E-state index is 0.133. The van der Waals surface area contributed by atoms with Gasteiger partial charge in [-0.25, -0.2) is 9.78 Å². The first kappa shape index (κ1) is 22.9. The van der Waals surface area contributed by atoms with Crippen LogP contribution in [0.15, 0.2) is 42.5 Å². The number of imidazole rings is 1. The number of halogens is 3. The number of aromatic carboxylic acids is 1. The van der Waals surface area contributed by atoms with E-state index in [9.17, 15) is 23.1 Å². The standard InChI is InChI=1S/C24H26F3N3O3/c1-14-10-17(13-23(2,3)12-14)30-20-9-4-15(21(31)32)11-19(20)29-22(30)28-16-5-7-18(8-6-16)33-24(25,26)27/h4-9,11,14,17H,10,12-13H2,1-3H3,(H,28,29)(H,31,32). The summed E-state index contributed by atoms with van der Waals surface area (Å²) in [6.07, 6.45) is -1.77. The third-order valence-electron chi connectivity index (χ3n) is 6.01. The van der Waals surface area contributed by atoms with E-state index in [1.165, 1.54) is 30.3 Å². The summed E-state index contributed by atoms with van der Waals surface area (Å²) in [6, 6.07) is 10.4. The van der Waals surface area contributed by atoms with Crippen molar-refractivity contribution in [2.24, 2.45) is 11.3 Å². The van der Waals surface area contributed by atoms with E-state index in [0.29, 0.717) is 23.1 Å². The molecule has 0 saturated heterocycles. The molecule has 4 rings (SSSR count). The molecule has 2 aromatic carbocycles. The molecule has 1 aliphatic rings. The summed E-state index contributed by atoms with van der Waals surface area (Å²) in [5.41, 5.74) is 2.18. The molecule has 33 heavy (non-hydrogen) atoms. The van der Waals surface area contributed by atoms with Crippen molar-refractivity contribution in [3.05, 3.63) is 48.0 Å². The number of aromatic nitrogens is 2. The Kier molecular flexibility index (Phi) is 5.76. The highest BCUT2D eigenvalue weighted by atomic mass is 19.4. The van der Waals surface area contributed by atoms with Crippen molar-refractivity contribution in [2.45, 2.75) is 52.4 Å². The van der Waals surface area contributed by atoms with Crippen LogP contribution in [0.4, 0.5) is 24.8 Å². The summed E-state index contributed by atoms with van der Waals surface area (Å²) >= 11 is 0. The van der Waals surface area contributed by atoms with Crippen LogP contribution in [0.25, 0.3) is 11.0 Å². The Morgan fingerprint density at radius 3 is 2.48 bits per heavy atom. The Labute approximate surface area is 189 Å². The fraction of sp³-hybridized carbons (Fsp3) is 0.417. The Balaban J connectivity index is 1.73. The molecule has 6 nitrogen and oxygen atoms in total. The van der Waals surface area contributed by atoms with Crippen molar-refractivity contribution in [2.75, 3.05) is 5.32 Å². The van der Waals surface area contributed by atoms with E-state index in [1.54, 1.807) is 12.1 Å². The van der Waals surface area contributed by atoms with Gasteiger partial charge in [0.1, 0.15) is 5.75 Å². The average molecular weight is 461 g/mol. The van der Waals surface area contributed by atoms with Gasteiger partial charge in [0, 0.05) is 11.7 Å². The predicted molar refractivity (Wildman–Crippen MR) is 119 cm³/mol. The molecule has 0 spiro atoms. The van der Waals surface area contributed by atoms with Crippen molar-refractivity contribution >= 4 is 28.6 Å². The van der Waals surface area contributed by atoms with Gasteiger partial charge < -0.3 is 19.7 Å². The zero-order valence-electron chi connectivity index (χ0n) is 18.6. The quantitative estimate of drug-likeness (QED) is 0.439. The molecule has 2 unspecified atom stereocenters. The zero-order chi connectivity index (χ0) is 24.0. The molecule has 1 heterocycles. The summed E-state index contributed by atoms with van der Waals surface area (Å²) in [6.45, 7) is 6.70. The van der Waals surface area contributed by atoms with Crippen LogP contribution in [0.3, 0.4) is 0 Å². The predicted octanol–water partition coefficient (Wildman–Crippen LogP) is 6.76.